The standard InChI is InChI=1S/C20H33N7O/c21-13-25-6-7-26-8-9-27(20(28)17(26)12-25)18-5-4-14(10-22-18)16-3-1-2-15-11-23-24-19(15)16/h14-19,22-24H,1-12H2/t14?,15?,16?,17-,18?,19?/m1/s1. The summed E-state index contributed by atoms with van der Waals surface area (Å²) >= 11 is 0. The second kappa shape index (κ2) is 7.79. The number of nitrogens with zero attached hydrogens (tertiary/aromatic N) is 4. The van der Waals surface area contributed by atoms with Gasteiger partial charge in [0, 0.05) is 45.3 Å². The number of rotatable bonds is 2. The van der Waals surface area contributed by atoms with E-state index in [-0.39, 0.29) is 18.1 Å². The third-order valence-corrected chi connectivity index (χ3v) is 7.95. The second-order valence-electron chi connectivity index (χ2n) is 9.30. The molecule has 4 aliphatic heterocycles. The van der Waals surface area contributed by atoms with Crippen LogP contribution in [0.2, 0.25) is 0 Å². The normalized spacial score (nSPS) is 42.0. The highest BCUT2D eigenvalue weighted by molar-refractivity contribution is 5.83. The number of piperidine rings is 1. The number of hydrazine groups is 1. The fourth-order valence-corrected chi connectivity index (χ4v) is 6.37. The van der Waals surface area contributed by atoms with Crippen LogP contribution in [0.3, 0.4) is 0 Å². The molecule has 3 N–H and O–H groups in total. The molecule has 0 aromatic heterocycles. The van der Waals surface area contributed by atoms with Gasteiger partial charge >= 0.3 is 0 Å². The number of nitrogens with one attached hydrogen (secondary N) is 3. The lowest BCUT2D eigenvalue weighted by atomic mass is 9.70. The van der Waals surface area contributed by atoms with Crippen LogP contribution in [0.5, 0.6) is 0 Å². The van der Waals surface area contributed by atoms with Gasteiger partial charge in [-0.2, -0.15) is 5.26 Å². The molecule has 5 aliphatic rings. The predicted molar refractivity (Wildman–Crippen MR) is 105 cm³/mol. The van der Waals surface area contributed by atoms with Crippen molar-refractivity contribution < 1.29 is 4.79 Å². The summed E-state index contributed by atoms with van der Waals surface area (Å²) in [5, 5.41) is 12.9. The molecular weight excluding hydrogens is 354 g/mol. The average Bonchev–Trinajstić information content (AvgIpc) is 3.23. The zero-order valence-electron chi connectivity index (χ0n) is 16.6. The highest BCUT2D eigenvalue weighted by Crippen LogP contribution is 2.38. The Balaban J connectivity index is 1.19. The summed E-state index contributed by atoms with van der Waals surface area (Å²) in [7, 11) is 0. The maximum atomic E-state index is 13.1. The Kier molecular flexibility index (Phi) is 5.18. The third kappa shape index (κ3) is 3.28. The lowest BCUT2D eigenvalue weighted by molar-refractivity contribution is -0.149. The van der Waals surface area contributed by atoms with Gasteiger partial charge in [0.05, 0.1) is 12.7 Å². The van der Waals surface area contributed by atoms with Crippen LogP contribution >= 0.6 is 0 Å². The molecule has 4 saturated heterocycles. The quantitative estimate of drug-likeness (QED) is 0.552. The Hall–Kier alpha value is -1.40. The summed E-state index contributed by atoms with van der Waals surface area (Å²) in [4.78, 5) is 19.2. The lowest BCUT2D eigenvalue weighted by Crippen LogP contribution is -2.67. The molecule has 0 spiro atoms. The number of fused-ring (bicyclic) bond motifs is 2. The van der Waals surface area contributed by atoms with Gasteiger partial charge in [-0.05, 0) is 43.4 Å². The summed E-state index contributed by atoms with van der Waals surface area (Å²) in [6, 6.07) is 0.482. The smallest absolute Gasteiger partial charge is 0.243 e. The Morgan fingerprint density at radius 2 is 1.89 bits per heavy atom. The van der Waals surface area contributed by atoms with Crippen molar-refractivity contribution in [1.82, 2.24) is 30.9 Å². The van der Waals surface area contributed by atoms with Crippen LogP contribution in [0.15, 0.2) is 0 Å². The van der Waals surface area contributed by atoms with Crippen molar-refractivity contribution in [2.24, 2.45) is 17.8 Å². The van der Waals surface area contributed by atoms with Gasteiger partial charge in [-0.1, -0.05) is 6.42 Å². The van der Waals surface area contributed by atoms with Crippen molar-refractivity contribution in [3.05, 3.63) is 0 Å². The van der Waals surface area contributed by atoms with Crippen LogP contribution in [0.25, 0.3) is 0 Å². The Morgan fingerprint density at radius 1 is 1.00 bits per heavy atom. The first-order chi connectivity index (χ1) is 13.7. The molecule has 5 unspecified atom stereocenters. The molecule has 6 atom stereocenters. The molecule has 8 heteroatoms. The molecule has 4 heterocycles. The number of carbonyl (C=O) groups is 1. The van der Waals surface area contributed by atoms with Crippen molar-refractivity contribution in [3.8, 4) is 6.19 Å². The van der Waals surface area contributed by atoms with Gasteiger partial charge in [0.15, 0.2) is 6.19 Å². The molecule has 5 rings (SSSR count). The van der Waals surface area contributed by atoms with Gasteiger partial charge in [0.1, 0.15) is 6.04 Å². The van der Waals surface area contributed by atoms with E-state index in [1.807, 2.05) is 0 Å². The first-order valence-corrected chi connectivity index (χ1v) is 11.2. The van der Waals surface area contributed by atoms with Gasteiger partial charge in [0.2, 0.25) is 5.91 Å². The van der Waals surface area contributed by atoms with Crippen LogP contribution in [0.1, 0.15) is 32.1 Å². The SMILES string of the molecule is N#CN1CCN2CCN(C3CCC(C4CCCC5CNNC54)CN3)C(=O)[C@H]2C1. The maximum absolute atomic E-state index is 13.1. The van der Waals surface area contributed by atoms with Crippen LogP contribution in [-0.4, -0.2) is 84.7 Å². The van der Waals surface area contributed by atoms with Gasteiger partial charge in [-0.3, -0.25) is 25.9 Å². The highest BCUT2D eigenvalue weighted by Gasteiger charge is 2.44. The minimum atomic E-state index is -0.144. The number of carbonyl (C=O) groups excluding carboxylic acids is 1. The minimum absolute atomic E-state index is 0.144. The van der Waals surface area contributed by atoms with E-state index in [9.17, 15) is 10.1 Å². The fourth-order valence-electron chi connectivity index (χ4n) is 6.37. The zero-order chi connectivity index (χ0) is 19.1. The Bertz CT molecular complexity index is 629. The molecule has 154 valence electrons. The van der Waals surface area contributed by atoms with E-state index in [1.165, 1.54) is 25.7 Å². The van der Waals surface area contributed by atoms with Crippen LogP contribution in [0, 0.1) is 29.2 Å². The topological polar surface area (TPSA) is 86.7 Å². The summed E-state index contributed by atoms with van der Waals surface area (Å²) < 4.78 is 0. The lowest BCUT2D eigenvalue weighted by Gasteiger charge is -2.49. The molecule has 1 saturated carbocycles. The van der Waals surface area contributed by atoms with Gasteiger partial charge in [0.25, 0.3) is 0 Å². The molecule has 0 bridgehead atoms. The van der Waals surface area contributed by atoms with E-state index in [0.29, 0.717) is 18.5 Å². The second-order valence-corrected chi connectivity index (χ2v) is 9.30. The number of amides is 1. The van der Waals surface area contributed by atoms with Crippen molar-refractivity contribution in [2.75, 3.05) is 45.8 Å². The molecule has 28 heavy (non-hydrogen) atoms. The Morgan fingerprint density at radius 3 is 2.71 bits per heavy atom. The predicted octanol–water partition coefficient (Wildman–Crippen LogP) is -0.486. The van der Waals surface area contributed by atoms with E-state index in [0.717, 1.165) is 57.5 Å². The van der Waals surface area contributed by atoms with E-state index in [1.54, 1.807) is 4.90 Å². The average molecular weight is 388 g/mol. The molecule has 8 nitrogen and oxygen atoms in total. The maximum Gasteiger partial charge on any atom is 0.243 e. The van der Waals surface area contributed by atoms with Gasteiger partial charge in [-0.15, -0.1) is 0 Å². The van der Waals surface area contributed by atoms with Gasteiger partial charge < -0.3 is 9.80 Å². The third-order valence-electron chi connectivity index (χ3n) is 7.95. The fraction of sp³-hybridized carbons (Fsp3) is 0.900. The molecule has 1 amide bonds. The van der Waals surface area contributed by atoms with E-state index < -0.39 is 0 Å². The molecule has 5 fully saturated rings. The van der Waals surface area contributed by atoms with Crippen molar-refractivity contribution in [1.29, 1.82) is 5.26 Å². The number of hydrogen-bond acceptors (Lipinski definition) is 7. The molecule has 0 aromatic carbocycles. The van der Waals surface area contributed by atoms with Crippen LogP contribution in [-0.2, 0) is 4.79 Å². The van der Waals surface area contributed by atoms with E-state index in [2.05, 4.69) is 32.2 Å². The van der Waals surface area contributed by atoms with Crippen molar-refractivity contribution in [3.63, 3.8) is 0 Å². The Labute approximate surface area is 167 Å². The van der Waals surface area contributed by atoms with Crippen molar-refractivity contribution in [2.45, 2.75) is 50.4 Å². The summed E-state index contributed by atoms with van der Waals surface area (Å²) in [6.45, 7) is 5.99. The molecule has 0 radical (unpaired) electrons. The van der Waals surface area contributed by atoms with E-state index in [4.69, 9.17) is 0 Å². The van der Waals surface area contributed by atoms with E-state index >= 15 is 0 Å². The molecular formula is C20H33N7O. The molecule has 1 aliphatic carbocycles. The largest absolute Gasteiger partial charge is 0.324 e. The van der Waals surface area contributed by atoms with Gasteiger partial charge in [-0.25, -0.2) is 0 Å². The summed E-state index contributed by atoms with van der Waals surface area (Å²) in [6.07, 6.45) is 8.67. The first kappa shape index (κ1) is 18.6. The monoisotopic (exact) mass is 387 g/mol. The first-order valence-electron chi connectivity index (χ1n) is 11.2. The summed E-state index contributed by atoms with van der Waals surface area (Å²) in [5.41, 5.74) is 6.93. The van der Waals surface area contributed by atoms with Crippen LogP contribution in [0.4, 0.5) is 0 Å². The highest BCUT2D eigenvalue weighted by atomic mass is 16.2. The minimum Gasteiger partial charge on any atom is -0.324 e. The van der Waals surface area contributed by atoms with Crippen LogP contribution < -0.4 is 16.2 Å². The van der Waals surface area contributed by atoms with Crippen molar-refractivity contribution >= 4 is 5.91 Å². The summed E-state index contributed by atoms with van der Waals surface area (Å²) in [5.74, 6) is 2.45. The molecule has 0 aromatic rings. The zero-order valence-corrected chi connectivity index (χ0v) is 16.6. The number of hydrogen-bond donors (Lipinski definition) is 3. The number of nitriles is 1. The number of piperazine rings is 2.